The van der Waals surface area contributed by atoms with Crippen molar-refractivity contribution >= 4 is 22.7 Å². The van der Waals surface area contributed by atoms with E-state index in [-0.39, 0.29) is 22.7 Å². The van der Waals surface area contributed by atoms with Gasteiger partial charge in [-0.1, -0.05) is 20.8 Å². The second-order valence-electron chi connectivity index (χ2n) is 6.29. The van der Waals surface area contributed by atoms with E-state index in [1.54, 1.807) is 18.2 Å². The summed E-state index contributed by atoms with van der Waals surface area (Å²) in [5.74, 6) is -0.841. The number of aromatic amines is 1. The van der Waals surface area contributed by atoms with Crippen LogP contribution in [0.2, 0.25) is 0 Å². The van der Waals surface area contributed by atoms with E-state index in [2.05, 4.69) is 18.8 Å². The quantitative estimate of drug-likeness (QED) is 0.835. The number of rotatable bonds is 1. The maximum Gasteiger partial charge on any atom is 0.335 e. The molecule has 0 aliphatic heterocycles. The van der Waals surface area contributed by atoms with Gasteiger partial charge in [-0.3, -0.25) is 4.79 Å². The Hall–Kier alpha value is -2.10. The Bertz CT molecular complexity index is 740. The van der Waals surface area contributed by atoms with E-state index < -0.39 is 5.97 Å². The van der Waals surface area contributed by atoms with E-state index in [4.69, 9.17) is 5.11 Å². The number of nitrogens with one attached hydrogen (secondary N) is 1. The predicted molar refractivity (Wildman–Crippen MR) is 76.4 cm³/mol. The normalized spacial score (nSPS) is 20.9. The van der Waals surface area contributed by atoms with Gasteiger partial charge in [0.2, 0.25) is 0 Å². The molecular formula is C16H17NO3. The summed E-state index contributed by atoms with van der Waals surface area (Å²) >= 11 is 0. The lowest BCUT2D eigenvalue weighted by molar-refractivity contribution is 0.0696. The van der Waals surface area contributed by atoms with Gasteiger partial charge in [-0.05, 0) is 35.6 Å². The molecule has 2 aromatic rings. The summed E-state index contributed by atoms with van der Waals surface area (Å²) in [7, 11) is 0. The lowest BCUT2D eigenvalue weighted by atomic mass is 9.70. The van der Waals surface area contributed by atoms with Crippen molar-refractivity contribution in [3.05, 3.63) is 35.0 Å². The topological polar surface area (TPSA) is 70.2 Å². The predicted octanol–water partition coefficient (Wildman–Crippen LogP) is 3.37. The number of fused-ring (bicyclic) bond motifs is 3. The maximum absolute atomic E-state index is 12.3. The monoisotopic (exact) mass is 271 g/mol. The van der Waals surface area contributed by atoms with Crippen LogP contribution in [-0.2, 0) is 5.41 Å². The average molecular weight is 271 g/mol. The summed E-state index contributed by atoms with van der Waals surface area (Å²) in [4.78, 5) is 26.7. The van der Waals surface area contributed by atoms with E-state index in [9.17, 15) is 9.59 Å². The van der Waals surface area contributed by atoms with Gasteiger partial charge in [0, 0.05) is 16.8 Å². The van der Waals surface area contributed by atoms with Crippen LogP contribution in [0.1, 0.15) is 53.6 Å². The van der Waals surface area contributed by atoms with Crippen LogP contribution in [0.25, 0.3) is 10.9 Å². The molecule has 0 spiro atoms. The van der Waals surface area contributed by atoms with Crippen LogP contribution in [0.4, 0.5) is 0 Å². The third kappa shape index (κ3) is 1.68. The van der Waals surface area contributed by atoms with E-state index in [0.29, 0.717) is 5.69 Å². The third-order valence-corrected chi connectivity index (χ3v) is 4.23. The van der Waals surface area contributed by atoms with Crippen LogP contribution in [0.15, 0.2) is 18.2 Å². The number of hydrogen-bond acceptors (Lipinski definition) is 2. The number of benzene rings is 1. The third-order valence-electron chi connectivity index (χ3n) is 4.23. The van der Waals surface area contributed by atoms with Crippen molar-refractivity contribution in [2.75, 3.05) is 0 Å². The summed E-state index contributed by atoms with van der Waals surface area (Å²) in [6.07, 6.45) is 0.781. The number of aromatic carboxylic acids is 1. The summed E-state index contributed by atoms with van der Waals surface area (Å²) in [5, 5.41) is 9.98. The van der Waals surface area contributed by atoms with Gasteiger partial charge in [0.25, 0.3) is 0 Å². The second kappa shape index (κ2) is 3.95. The Morgan fingerprint density at radius 1 is 1.40 bits per heavy atom. The zero-order chi connectivity index (χ0) is 14.7. The Morgan fingerprint density at radius 3 is 2.75 bits per heavy atom. The van der Waals surface area contributed by atoms with Crippen LogP contribution in [0.5, 0.6) is 0 Å². The van der Waals surface area contributed by atoms with E-state index in [1.165, 1.54) is 0 Å². The first-order valence-electron chi connectivity index (χ1n) is 6.75. The number of aromatic nitrogens is 1. The highest BCUT2D eigenvalue weighted by Gasteiger charge is 2.39. The fourth-order valence-electron chi connectivity index (χ4n) is 3.42. The number of carboxylic acid groups (broad SMARTS) is 1. The van der Waals surface area contributed by atoms with Crippen LogP contribution < -0.4 is 0 Å². The zero-order valence-electron chi connectivity index (χ0n) is 11.8. The van der Waals surface area contributed by atoms with Crippen molar-refractivity contribution in [2.24, 2.45) is 5.92 Å². The highest BCUT2D eigenvalue weighted by molar-refractivity contribution is 6.06. The number of ketones is 1. The van der Waals surface area contributed by atoms with Gasteiger partial charge < -0.3 is 10.1 Å². The Labute approximate surface area is 116 Å². The number of carboxylic acids is 1. The lowest BCUT2D eigenvalue weighted by Gasteiger charge is -2.33. The summed E-state index contributed by atoms with van der Waals surface area (Å²) in [6.45, 7) is 6.16. The molecule has 0 saturated heterocycles. The van der Waals surface area contributed by atoms with Crippen molar-refractivity contribution < 1.29 is 14.7 Å². The molecule has 1 aliphatic carbocycles. The smallest absolute Gasteiger partial charge is 0.335 e. The maximum atomic E-state index is 12.3. The molecule has 0 fully saturated rings. The Kier molecular flexibility index (Phi) is 2.55. The average Bonchev–Trinajstić information content (AvgIpc) is 2.74. The van der Waals surface area contributed by atoms with Crippen LogP contribution in [-0.4, -0.2) is 21.8 Å². The molecule has 3 rings (SSSR count). The largest absolute Gasteiger partial charge is 0.478 e. The lowest BCUT2D eigenvalue weighted by Crippen LogP contribution is -2.32. The zero-order valence-corrected chi connectivity index (χ0v) is 11.8. The van der Waals surface area contributed by atoms with E-state index in [0.717, 1.165) is 22.9 Å². The van der Waals surface area contributed by atoms with Gasteiger partial charge in [-0.2, -0.15) is 0 Å². The van der Waals surface area contributed by atoms with Crippen molar-refractivity contribution in [1.29, 1.82) is 0 Å². The molecule has 0 amide bonds. The van der Waals surface area contributed by atoms with E-state index >= 15 is 0 Å². The summed E-state index contributed by atoms with van der Waals surface area (Å²) < 4.78 is 0. The molecule has 104 valence electrons. The standard InChI is InChI=1S/C16H17NO3/c1-8-7-16(2,3)12-10-6-9(15(19)20)4-5-11(10)17-13(12)14(8)18/h4-6,8,17H,7H2,1-3H3,(H,19,20). The number of carbonyl (C=O) groups is 2. The fourth-order valence-corrected chi connectivity index (χ4v) is 3.42. The molecule has 1 unspecified atom stereocenters. The molecule has 4 heteroatoms. The first-order chi connectivity index (χ1) is 9.31. The molecule has 2 N–H and O–H groups in total. The minimum atomic E-state index is -0.949. The highest BCUT2D eigenvalue weighted by Crippen LogP contribution is 2.43. The molecule has 1 aromatic heterocycles. The summed E-state index contributed by atoms with van der Waals surface area (Å²) in [6, 6.07) is 4.97. The highest BCUT2D eigenvalue weighted by atomic mass is 16.4. The molecule has 1 aromatic carbocycles. The van der Waals surface area contributed by atoms with E-state index in [1.807, 2.05) is 6.92 Å². The molecule has 4 nitrogen and oxygen atoms in total. The van der Waals surface area contributed by atoms with Crippen LogP contribution >= 0.6 is 0 Å². The molecule has 0 bridgehead atoms. The molecular weight excluding hydrogens is 254 g/mol. The minimum Gasteiger partial charge on any atom is -0.478 e. The van der Waals surface area contributed by atoms with Crippen molar-refractivity contribution in [3.63, 3.8) is 0 Å². The first kappa shape index (κ1) is 12.9. The summed E-state index contributed by atoms with van der Waals surface area (Å²) in [5.41, 5.74) is 2.54. The van der Waals surface area contributed by atoms with Gasteiger partial charge in [-0.25, -0.2) is 4.79 Å². The molecule has 0 saturated carbocycles. The minimum absolute atomic E-state index is 0.00972. The SMILES string of the molecule is CC1CC(C)(C)c2c([nH]c3ccc(C(=O)O)cc23)C1=O. The first-order valence-corrected chi connectivity index (χ1v) is 6.75. The van der Waals surface area contributed by atoms with Crippen molar-refractivity contribution in [3.8, 4) is 0 Å². The second-order valence-corrected chi connectivity index (χ2v) is 6.29. The molecule has 20 heavy (non-hydrogen) atoms. The molecule has 1 atom stereocenters. The number of Topliss-reactive ketones (excluding diaryl/α,β-unsaturated/α-hetero) is 1. The molecule has 0 radical (unpaired) electrons. The number of H-pyrrole nitrogens is 1. The van der Waals surface area contributed by atoms with Gasteiger partial charge in [0.1, 0.15) is 0 Å². The fraction of sp³-hybridized carbons (Fsp3) is 0.375. The Balaban J connectivity index is 2.35. The van der Waals surface area contributed by atoms with Gasteiger partial charge in [0.05, 0.1) is 11.3 Å². The van der Waals surface area contributed by atoms with Gasteiger partial charge in [-0.15, -0.1) is 0 Å². The van der Waals surface area contributed by atoms with Gasteiger partial charge in [0.15, 0.2) is 5.78 Å². The van der Waals surface area contributed by atoms with Gasteiger partial charge >= 0.3 is 5.97 Å². The van der Waals surface area contributed by atoms with Crippen LogP contribution in [0.3, 0.4) is 0 Å². The number of hydrogen-bond donors (Lipinski definition) is 2. The van der Waals surface area contributed by atoms with Crippen molar-refractivity contribution in [1.82, 2.24) is 4.98 Å². The van der Waals surface area contributed by atoms with Crippen molar-refractivity contribution in [2.45, 2.75) is 32.6 Å². The Morgan fingerprint density at radius 2 is 2.10 bits per heavy atom. The molecule has 1 heterocycles. The molecule has 1 aliphatic rings. The van der Waals surface area contributed by atoms with Crippen LogP contribution in [0, 0.1) is 5.92 Å². The number of carbonyl (C=O) groups excluding carboxylic acids is 1.